The monoisotopic (exact) mass is 606 g/mol. The summed E-state index contributed by atoms with van der Waals surface area (Å²) in [6.45, 7) is 0.234. The van der Waals surface area contributed by atoms with E-state index in [2.05, 4.69) is 4.98 Å². The van der Waals surface area contributed by atoms with Crippen LogP contribution in [-0.4, -0.2) is 57.3 Å². The van der Waals surface area contributed by atoms with E-state index >= 15 is 0 Å². The van der Waals surface area contributed by atoms with Crippen LogP contribution in [0.1, 0.15) is 49.9 Å². The summed E-state index contributed by atoms with van der Waals surface area (Å²) in [7, 11) is 3.01. The molecular formula is C26H22Cl2F6N4O2. The van der Waals surface area contributed by atoms with Gasteiger partial charge >= 0.3 is 12.4 Å². The van der Waals surface area contributed by atoms with Crippen LogP contribution in [-0.2, 0) is 19.4 Å². The Morgan fingerprint density at radius 1 is 0.975 bits per heavy atom. The number of halogens is 8. The van der Waals surface area contributed by atoms with Crippen LogP contribution in [0.5, 0.6) is 0 Å². The lowest BCUT2D eigenvalue weighted by Gasteiger charge is -2.43. The van der Waals surface area contributed by atoms with Crippen LogP contribution in [0.3, 0.4) is 0 Å². The number of benzene rings is 2. The second kappa shape index (κ2) is 11.0. The molecule has 0 bridgehead atoms. The van der Waals surface area contributed by atoms with E-state index in [1.54, 1.807) is 29.9 Å². The Morgan fingerprint density at radius 3 is 2.12 bits per heavy atom. The lowest BCUT2D eigenvalue weighted by Crippen LogP contribution is -2.52. The molecule has 0 unspecified atom stereocenters. The summed E-state index contributed by atoms with van der Waals surface area (Å²) < 4.78 is 82.1. The van der Waals surface area contributed by atoms with Gasteiger partial charge in [0, 0.05) is 50.9 Å². The molecule has 1 aliphatic heterocycles. The van der Waals surface area contributed by atoms with Crippen molar-refractivity contribution in [2.24, 2.45) is 7.05 Å². The summed E-state index contributed by atoms with van der Waals surface area (Å²) >= 11 is 12.3. The number of alkyl halides is 6. The van der Waals surface area contributed by atoms with E-state index in [0.29, 0.717) is 17.7 Å². The standard InChI is InChI=1S/C26H22Cl2F6N4O2/c1-36-12-21(35-13-36)24(40)38-6-5-22(18(11-38)14-3-4-19(27)20(28)9-14)37(2)23(39)15-7-16(25(29,30)31)10-17(8-15)26(32,33)34/h3-4,7-10,12-13,18,22H,5-6,11H2,1-2H3/t18-,22+/m0/s1. The highest BCUT2D eigenvalue weighted by Crippen LogP contribution is 2.38. The molecule has 1 aliphatic rings. The molecule has 0 spiro atoms. The summed E-state index contributed by atoms with van der Waals surface area (Å²) in [5.41, 5.74) is -3.16. The molecule has 1 saturated heterocycles. The number of hydrogen-bond donors (Lipinski definition) is 0. The Balaban J connectivity index is 1.70. The highest BCUT2D eigenvalue weighted by Gasteiger charge is 2.40. The molecule has 2 aromatic carbocycles. The first-order valence-electron chi connectivity index (χ1n) is 11.8. The summed E-state index contributed by atoms with van der Waals surface area (Å²) in [5, 5.41) is 0.458. The van der Waals surface area contributed by atoms with Crippen molar-refractivity contribution in [2.75, 3.05) is 20.1 Å². The van der Waals surface area contributed by atoms with E-state index in [4.69, 9.17) is 23.2 Å². The lowest BCUT2D eigenvalue weighted by molar-refractivity contribution is -0.143. The average molecular weight is 607 g/mol. The second-order valence-corrected chi connectivity index (χ2v) is 10.3. The predicted molar refractivity (Wildman–Crippen MR) is 135 cm³/mol. The normalized spacial score (nSPS) is 18.1. The van der Waals surface area contributed by atoms with Gasteiger partial charge in [-0.05, 0) is 42.3 Å². The van der Waals surface area contributed by atoms with Crippen molar-refractivity contribution in [3.8, 4) is 0 Å². The SMILES string of the molecule is CN(C(=O)c1cc(C(F)(F)F)cc(C(F)(F)F)c1)[C@@H]1CCN(C(=O)c2cn(C)cn2)C[C@H]1c1ccc(Cl)c(Cl)c1. The molecule has 14 heteroatoms. The number of likely N-dealkylation sites (tertiary alicyclic amines) is 1. The smallest absolute Gasteiger partial charge is 0.340 e. The van der Waals surface area contributed by atoms with Gasteiger partial charge in [-0.15, -0.1) is 0 Å². The maximum atomic E-state index is 13.4. The number of aryl methyl sites for hydroxylation is 1. The Hall–Kier alpha value is -3.25. The molecular weight excluding hydrogens is 585 g/mol. The van der Waals surface area contributed by atoms with E-state index in [-0.39, 0.29) is 47.2 Å². The van der Waals surface area contributed by atoms with Gasteiger partial charge < -0.3 is 14.4 Å². The highest BCUT2D eigenvalue weighted by molar-refractivity contribution is 6.42. The lowest BCUT2D eigenvalue weighted by atomic mass is 9.84. The Morgan fingerprint density at radius 2 is 1.60 bits per heavy atom. The molecule has 2 amide bonds. The summed E-state index contributed by atoms with van der Waals surface area (Å²) in [4.78, 5) is 33.2. The molecule has 1 fully saturated rings. The maximum Gasteiger partial charge on any atom is 0.416 e. The van der Waals surface area contributed by atoms with Gasteiger partial charge in [0.25, 0.3) is 11.8 Å². The molecule has 4 rings (SSSR count). The first-order chi connectivity index (χ1) is 18.6. The molecule has 0 radical (unpaired) electrons. The summed E-state index contributed by atoms with van der Waals surface area (Å²) in [5.74, 6) is -2.00. The third kappa shape index (κ3) is 6.22. The Labute approximate surface area is 235 Å². The molecule has 0 saturated carbocycles. The number of piperidine rings is 1. The number of hydrogen-bond acceptors (Lipinski definition) is 3. The van der Waals surface area contributed by atoms with Gasteiger partial charge in [0.05, 0.1) is 27.5 Å². The minimum absolute atomic E-state index is 0.0307. The Kier molecular flexibility index (Phi) is 8.15. The fourth-order valence-electron chi connectivity index (χ4n) is 4.78. The summed E-state index contributed by atoms with van der Waals surface area (Å²) in [6, 6.07) is 4.80. The Bertz CT molecular complexity index is 1410. The number of rotatable bonds is 4. The molecule has 214 valence electrons. The van der Waals surface area contributed by atoms with Gasteiger partial charge in [-0.2, -0.15) is 26.3 Å². The number of likely N-dealkylation sites (N-methyl/N-ethyl adjacent to an activating group) is 1. The molecule has 0 aliphatic carbocycles. The van der Waals surface area contributed by atoms with Crippen molar-refractivity contribution in [3.63, 3.8) is 0 Å². The fraction of sp³-hybridized carbons (Fsp3) is 0.346. The van der Waals surface area contributed by atoms with Gasteiger partial charge in [-0.25, -0.2) is 4.98 Å². The van der Waals surface area contributed by atoms with Crippen LogP contribution in [0.4, 0.5) is 26.3 Å². The zero-order valence-corrected chi connectivity index (χ0v) is 22.5. The average Bonchev–Trinajstić information content (AvgIpc) is 3.33. The molecule has 0 N–H and O–H groups in total. The quantitative estimate of drug-likeness (QED) is 0.317. The molecule has 6 nitrogen and oxygen atoms in total. The van der Waals surface area contributed by atoms with E-state index in [0.717, 1.165) is 4.90 Å². The third-order valence-corrected chi connectivity index (χ3v) is 7.55. The molecule has 3 aromatic rings. The van der Waals surface area contributed by atoms with Crippen LogP contribution in [0.15, 0.2) is 48.9 Å². The van der Waals surface area contributed by atoms with Gasteiger partial charge in [0.15, 0.2) is 0 Å². The largest absolute Gasteiger partial charge is 0.416 e. The van der Waals surface area contributed by atoms with Crippen molar-refractivity contribution >= 4 is 35.0 Å². The number of carbonyl (C=O) groups excluding carboxylic acids is 2. The van der Waals surface area contributed by atoms with Crippen LogP contribution < -0.4 is 0 Å². The first kappa shape index (κ1) is 29.7. The molecule has 1 aromatic heterocycles. The van der Waals surface area contributed by atoms with Crippen LogP contribution in [0, 0.1) is 0 Å². The highest BCUT2D eigenvalue weighted by atomic mass is 35.5. The van der Waals surface area contributed by atoms with Crippen LogP contribution in [0.25, 0.3) is 0 Å². The zero-order chi connectivity index (χ0) is 29.6. The van der Waals surface area contributed by atoms with Crippen molar-refractivity contribution < 1.29 is 35.9 Å². The minimum atomic E-state index is -5.10. The van der Waals surface area contributed by atoms with Crippen LogP contribution >= 0.6 is 23.2 Å². The van der Waals surface area contributed by atoms with Crippen molar-refractivity contribution in [2.45, 2.75) is 30.7 Å². The molecule has 2 atom stereocenters. The predicted octanol–water partition coefficient (Wildman–Crippen LogP) is 6.54. The number of nitrogens with zero attached hydrogens (tertiary/aromatic N) is 4. The minimum Gasteiger partial charge on any atom is -0.340 e. The number of imidazole rings is 1. The van der Waals surface area contributed by atoms with Gasteiger partial charge in [0.1, 0.15) is 5.69 Å². The topological polar surface area (TPSA) is 58.4 Å². The third-order valence-electron chi connectivity index (χ3n) is 6.81. The van der Waals surface area contributed by atoms with E-state index in [1.165, 1.54) is 24.3 Å². The van der Waals surface area contributed by atoms with E-state index in [1.807, 2.05) is 0 Å². The number of aromatic nitrogens is 2. The van der Waals surface area contributed by atoms with Crippen LogP contribution in [0.2, 0.25) is 10.0 Å². The molecule has 2 heterocycles. The van der Waals surface area contributed by atoms with E-state index in [9.17, 15) is 35.9 Å². The van der Waals surface area contributed by atoms with Gasteiger partial charge in [0.2, 0.25) is 0 Å². The van der Waals surface area contributed by atoms with Gasteiger partial charge in [-0.3, -0.25) is 9.59 Å². The fourth-order valence-corrected chi connectivity index (χ4v) is 5.08. The van der Waals surface area contributed by atoms with Crippen molar-refractivity contribution in [1.29, 1.82) is 0 Å². The van der Waals surface area contributed by atoms with Crippen molar-refractivity contribution in [3.05, 3.63) is 86.9 Å². The summed E-state index contributed by atoms with van der Waals surface area (Å²) in [6.07, 6.45) is -7.02. The number of amides is 2. The van der Waals surface area contributed by atoms with Crippen molar-refractivity contribution in [1.82, 2.24) is 19.4 Å². The van der Waals surface area contributed by atoms with Gasteiger partial charge in [-0.1, -0.05) is 29.3 Å². The van der Waals surface area contributed by atoms with E-state index < -0.39 is 46.9 Å². The first-order valence-corrected chi connectivity index (χ1v) is 12.6. The number of carbonyl (C=O) groups is 2. The maximum absolute atomic E-state index is 13.4. The second-order valence-electron chi connectivity index (χ2n) is 9.52. The zero-order valence-electron chi connectivity index (χ0n) is 21.0. The molecule has 40 heavy (non-hydrogen) atoms.